The summed E-state index contributed by atoms with van der Waals surface area (Å²) in [4.78, 5) is 29.9. The van der Waals surface area contributed by atoms with Gasteiger partial charge in [-0.15, -0.1) is 0 Å². The quantitative estimate of drug-likeness (QED) is 0.177. The summed E-state index contributed by atoms with van der Waals surface area (Å²) in [6.45, 7) is 0. The summed E-state index contributed by atoms with van der Waals surface area (Å²) in [6, 6.07) is 54.4. The molecular weight excluding hydrogens is 589 g/mol. The van der Waals surface area contributed by atoms with Crippen LogP contribution in [0.2, 0.25) is 0 Å². The van der Waals surface area contributed by atoms with Crippen LogP contribution >= 0.6 is 0 Å². The average molecular weight is 617 g/mol. The number of hydrogen-bond acceptors (Lipinski definition) is 6. The number of aromatic nitrogens is 6. The molecule has 8 aromatic rings. The molecule has 0 aliphatic heterocycles. The van der Waals surface area contributed by atoms with Gasteiger partial charge in [-0.3, -0.25) is 4.98 Å². The Balaban J connectivity index is 1.28. The summed E-state index contributed by atoms with van der Waals surface area (Å²) in [5.41, 5.74) is 9.41. The van der Waals surface area contributed by atoms with Crippen LogP contribution in [0.4, 0.5) is 0 Å². The Morgan fingerprint density at radius 1 is 0.250 bits per heavy atom. The van der Waals surface area contributed by atoms with Crippen LogP contribution in [0, 0.1) is 0 Å². The lowest BCUT2D eigenvalue weighted by molar-refractivity contribution is 1.07. The van der Waals surface area contributed by atoms with Crippen molar-refractivity contribution in [3.8, 4) is 79.3 Å². The Morgan fingerprint density at radius 3 is 1.02 bits per heavy atom. The fraction of sp³-hybridized carbons (Fsp3) is 0. The third-order valence-electron chi connectivity index (χ3n) is 8.01. The zero-order valence-electron chi connectivity index (χ0n) is 25.8. The molecule has 8 rings (SSSR count). The molecule has 0 saturated heterocycles. The van der Waals surface area contributed by atoms with Crippen molar-refractivity contribution in [2.75, 3.05) is 0 Å². The molecule has 3 aromatic heterocycles. The van der Waals surface area contributed by atoms with E-state index in [0.717, 1.165) is 61.9 Å². The van der Waals surface area contributed by atoms with E-state index in [0.29, 0.717) is 17.5 Å². The second kappa shape index (κ2) is 13.0. The van der Waals surface area contributed by atoms with Crippen molar-refractivity contribution >= 4 is 0 Å². The van der Waals surface area contributed by atoms with Crippen molar-refractivity contribution in [3.05, 3.63) is 170 Å². The van der Waals surface area contributed by atoms with Gasteiger partial charge in [0.25, 0.3) is 0 Å². The molecule has 6 nitrogen and oxygen atoms in total. The van der Waals surface area contributed by atoms with Gasteiger partial charge >= 0.3 is 0 Å². The van der Waals surface area contributed by atoms with Crippen LogP contribution in [0.25, 0.3) is 79.3 Å². The van der Waals surface area contributed by atoms with Crippen LogP contribution in [0.3, 0.4) is 0 Å². The Hall–Kier alpha value is -6.66. The van der Waals surface area contributed by atoms with Gasteiger partial charge in [0.15, 0.2) is 17.5 Å². The number of pyridine rings is 1. The van der Waals surface area contributed by atoms with Gasteiger partial charge in [0.2, 0.25) is 0 Å². The van der Waals surface area contributed by atoms with Crippen LogP contribution in [-0.2, 0) is 0 Å². The third kappa shape index (κ3) is 5.86. The van der Waals surface area contributed by atoms with E-state index >= 15 is 0 Å². The Labute approximate surface area is 278 Å². The van der Waals surface area contributed by atoms with E-state index in [1.54, 1.807) is 6.20 Å². The van der Waals surface area contributed by atoms with Crippen LogP contribution in [-0.4, -0.2) is 29.9 Å². The van der Waals surface area contributed by atoms with Crippen LogP contribution in [0.15, 0.2) is 170 Å². The molecule has 48 heavy (non-hydrogen) atoms. The van der Waals surface area contributed by atoms with Gasteiger partial charge in [-0.25, -0.2) is 24.9 Å². The molecule has 0 radical (unpaired) electrons. The molecular formula is C42H28N6. The minimum absolute atomic E-state index is 0.595. The molecule has 0 bridgehead atoms. The molecule has 0 N–H and O–H groups in total. The maximum atomic E-state index is 5.31. The van der Waals surface area contributed by atoms with Crippen molar-refractivity contribution in [1.82, 2.24) is 29.9 Å². The Morgan fingerprint density at radius 2 is 0.583 bits per heavy atom. The van der Waals surface area contributed by atoms with E-state index in [1.807, 2.05) is 127 Å². The summed E-state index contributed by atoms with van der Waals surface area (Å²) in [7, 11) is 0. The van der Waals surface area contributed by atoms with Gasteiger partial charge < -0.3 is 0 Å². The first-order valence-electron chi connectivity index (χ1n) is 15.7. The van der Waals surface area contributed by atoms with Gasteiger partial charge in [-0.1, -0.05) is 152 Å². The monoisotopic (exact) mass is 616 g/mol. The number of benzene rings is 5. The molecule has 0 fully saturated rings. The summed E-state index contributed by atoms with van der Waals surface area (Å²) in [6.07, 6.45) is 1.79. The van der Waals surface area contributed by atoms with Crippen molar-refractivity contribution in [1.29, 1.82) is 0 Å². The predicted octanol–water partition coefficient (Wildman–Crippen LogP) is 9.73. The lowest BCUT2D eigenvalue weighted by Gasteiger charge is -2.16. The van der Waals surface area contributed by atoms with Crippen LogP contribution < -0.4 is 0 Å². The van der Waals surface area contributed by atoms with Crippen LogP contribution in [0.1, 0.15) is 0 Å². The fourth-order valence-corrected chi connectivity index (χ4v) is 5.63. The van der Waals surface area contributed by atoms with Crippen molar-refractivity contribution in [2.24, 2.45) is 0 Å². The van der Waals surface area contributed by atoms with Gasteiger partial charge in [-0.2, -0.15) is 0 Å². The zero-order valence-corrected chi connectivity index (χ0v) is 25.8. The van der Waals surface area contributed by atoms with E-state index in [1.165, 1.54) is 0 Å². The van der Waals surface area contributed by atoms with Gasteiger partial charge in [-0.05, 0) is 12.1 Å². The van der Waals surface area contributed by atoms with E-state index < -0.39 is 0 Å². The SMILES string of the molecule is c1ccc(-c2nc(-c3ccccc3)nc(-c3ccc(-c4nc(-c5ccccn5)c(-c5ccccc5)nc4-c4ccccc4)cc3)n2)cc1. The summed E-state index contributed by atoms with van der Waals surface area (Å²) >= 11 is 0. The molecule has 6 heteroatoms. The highest BCUT2D eigenvalue weighted by Gasteiger charge is 2.20. The molecule has 0 spiro atoms. The number of hydrogen-bond donors (Lipinski definition) is 0. The normalized spacial score (nSPS) is 10.9. The minimum atomic E-state index is 0.595. The van der Waals surface area contributed by atoms with Crippen molar-refractivity contribution in [2.45, 2.75) is 0 Å². The topological polar surface area (TPSA) is 77.3 Å². The van der Waals surface area contributed by atoms with Gasteiger partial charge in [0.1, 0.15) is 5.69 Å². The Kier molecular flexibility index (Phi) is 7.79. The second-order valence-electron chi connectivity index (χ2n) is 11.2. The maximum absolute atomic E-state index is 5.31. The van der Waals surface area contributed by atoms with Gasteiger partial charge in [0, 0.05) is 39.6 Å². The smallest absolute Gasteiger partial charge is 0.164 e. The number of nitrogens with zero attached hydrogens (tertiary/aromatic N) is 6. The zero-order chi connectivity index (χ0) is 32.1. The number of rotatable bonds is 7. The first kappa shape index (κ1) is 28.8. The van der Waals surface area contributed by atoms with E-state index in [4.69, 9.17) is 24.9 Å². The summed E-state index contributed by atoms with van der Waals surface area (Å²) in [5.74, 6) is 1.84. The second-order valence-corrected chi connectivity index (χ2v) is 11.2. The van der Waals surface area contributed by atoms with Crippen LogP contribution in [0.5, 0.6) is 0 Å². The first-order chi connectivity index (χ1) is 23.8. The lowest BCUT2D eigenvalue weighted by Crippen LogP contribution is -2.02. The van der Waals surface area contributed by atoms with Crippen molar-refractivity contribution < 1.29 is 0 Å². The molecule has 5 aromatic carbocycles. The molecule has 0 unspecified atom stereocenters. The highest BCUT2D eigenvalue weighted by Crippen LogP contribution is 2.37. The minimum Gasteiger partial charge on any atom is -0.255 e. The molecule has 0 aliphatic rings. The van der Waals surface area contributed by atoms with E-state index in [2.05, 4.69) is 41.4 Å². The third-order valence-corrected chi connectivity index (χ3v) is 8.01. The maximum Gasteiger partial charge on any atom is 0.164 e. The summed E-state index contributed by atoms with van der Waals surface area (Å²) in [5, 5.41) is 0. The highest BCUT2D eigenvalue weighted by atomic mass is 15.0. The Bertz CT molecular complexity index is 2240. The molecule has 3 heterocycles. The largest absolute Gasteiger partial charge is 0.255 e. The summed E-state index contributed by atoms with van der Waals surface area (Å²) < 4.78 is 0. The van der Waals surface area contributed by atoms with Gasteiger partial charge in [0.05, 0.1) is 22.8 Å². The molecule has 0 aliphatic carbocycles. The highest BCUT2D eigenvalue weighted by molar-refractivity contribution is 5.86. The van der Waals surface area contributed by atoms with E-state index in [-0.39, 0.29) is 0 Å². The lowest BCUT2D eigenvalue weighted by atomic mass is 10.00. The van der Waals surface area contributed by atoms with Crippen molar-refractivity contribution in [3.63, 3.8) is 0 Å². The molecule has 0 amide bonds. The van der Waals surface area contributed by atoms with E-state index in [9.17, 15) is 0 Å². The fourth-order valence-electron chi connectivity index (χ4n) is 5.63. The standard InChI is InChI=1S/C42H28N6/c1-5-15-29(16-6-1)36-37(45-39(35-23-13-14-28-43-35)38(44-36)30-17-7-2-8-18-30)31-24-26-34(27-25-31)42-47-40(32-19-9-3-10-20-32)46-41(48-42)33-21-11-4-12-22-33/h1-28H. The molecule has 226 valence electrons. The molecule has 0 atom stereocenters. The molecule has 0 saturated carbocycles. The first-order valence-corrected chi connectivity index (χ1v) is 15.7. The average Bonchev–Trinajstić information content (AvgIpc) is 3.19. The predicted molar refractivity (Wildman–Crippen MR) is 191 cm³/mol.